The molecule has 1 amide bonds. The van der Waals surface area contributed by atoms with Crippen molar-refractivity contribution < 1.29 is 9.53 Å². The molecule has 6 nitrogen and oxygen atoms in total. The van der Waals surface area contributed by atoms with Crippen LogP contribution in [0.15, 0.2) is 48.8 Å². The van der Waals surface area contributed by atoms with E-state index in [0.29, 0.717) is 42.3 Å². The quantitative estimate of drug-likeness (QED) is 0.433. The standard InChI is InChI=1S/C20H14Cl2N4O2S/c1-28-17-13(22)8-11(21)9-15(17)25-19(27)18-16(23)12-2-3-14(26-20(12)29-18)10-4-6-24-7-5-10/h2-9H,23H2,1H3,(H,25,27). The van der Waals surface area contributed by atoms with E-state index < -0.39 is 5.91 Å². The van der Waals surface area contributed by atoms with Crippen LogP contribution in [0.2, 0.25) is 10.0 Å². The molecule has 0 saturated carbocycles. The van der Waals surface area contributed by atoms with Gasteiger partial charge >= 0.3 is 0 Å². The first-order valence-corrected chi connectivity index (χ1v) is 9.99. The van der Waals surface area contributed by atoms with Gasteiger partial charge in [0.1, 0.15) is 9.71 Å². The number of carbonyl (C=O) groups is 1. The topological polar surface area (TPSA) is 90.1 Å². The van der Waals surface area contributed by atoms with Crippen LogP contribution in [0.25, 0.3) is 21.5 Å². The van der Waals surface area contributed by atoms with Crippen molar-refractivity contribution in [1.29, 1.82) is 0 Å². The summed E-state index contributed by atoms with van der Waals surface area (Å²) in [5.41, 5.74) is 8.66. The Bertz CT molecular complexity index is 1230. The number of nitrogen functional groups attached to an aromatic ring is 1. The number of nitrogens with zero attached hydrogens (tertiary/aromatic N) is 2. The monoisotopic (exact) mass is 444 g/mol. The number of methoxy groups -OCH3 is 1. The van der Waals surface area contributed by atoms with Crippen LogP contribution >= 0.6 is 34.5 Å². The fourth-order valence-corrected chi connectivity index (χ4v) is 4.45. The largest absolute Gasteiger partial charge is 0.493 e. The van der Waals surface area contributed by atoms with Crippen molar-refractivity contribution in [2.45, 2.75) is 0 Å². The van der Waals surface area contributed by atoms with E-state index >= 15 is 0 Å². The highest BCUT2D eigenvalue weighted by Gasteiger charge is 2.20. The number of nitrogens with one attached hydrogen (secondary N) is 1. The van der Waals surface area contributed by atoms with Crippen LogP contribution in [0.3, 0.4) is 0 Å². The number of benzene rings is 1. The molecule has 0 fully saturated rings. The summed E-state index contributed by atoms with van der Waals surface area (Å²) in [6.45, 7) is 0. The first kappa shape index (κ1) is 19.4. The van der Waals surface area contributed by atoms with Crippen LogP contribution in [0.1, 0.15) is 9.67 Å². The van der Waals surface area contributed by atoms with Crippen LogP contribution in [0.4, 0.5) is 11.4 Å². The molecule has 0 unspecified atom stereocenters. The van der Waals surface area contributed by atoms with Gasteiger partial charge in [-0.3, -0.25) is 9.78 Å². The number of carbonyl (C=O) groups excluding carboxylic acids is 1. The van der Waals surface area contributed by atoms with Gasteiger partial charge in [0.15, 0.2) is 5.75 Å². The molecular formula is C20H14Cl2N4O2S. The van der Waals surface area contributed by atoms with Gasteiger partial charge in [-0.15, -0.1) is 11.3 Å². The Morgan fingerprint density at radius 2 is 1.93 bits per heavy atom. The van der Waals surface area contributed by atoms with E-state index in [1.807, 2.05) is 24.3 Å². The Morgan fingerprint density at radius 1 is 1.17 bits per heavy atom. The van der Waals surface area contributed by atoms with Gasteiger partial charge < -0.3 is 15.8 Å². The zero-order valence-corrected chi connectivity index (χ0v) is 17.4. The summed E-state index contributed by atoms with van der Waals surface area (Å²) in [5.74, 6) is -0.0743. The molecule has 4 aromatic rings. The number of pyridine rings is 2. The number of ether oxygens (including phenoxy) is 1. The highest BCUT2D eigenvalue weighted by atomic mass is 35.5. The average Bonchev–Trinajstić information content (AvgIpc) is 3.04. The van der Waals surface area contributed by atoms with E-state index in [1.54, 1.807) is 18.5 Å². The molecular weight excluding hydrogens is 431 g/mol. The van der Waals surface area contributed by atoms with Gasteiger partial charge in [0.25, 0.3) is 5.91 Å². The number of thiophene rings is 1. The molecule has 0 aliphatic rings. The molecule has 0 bridgehead atoms. The molecule has 3 aromatic heterocycles. The third kappa shape index (κ3) is 3.72. The first-order chi connectivity index (χ1) is 14.0. The minimum atomic E-state index is -0.396. The predicted octanol–water partition coefficient (Wildman–Crippen LogP) is 5.51. The maximum absolute atomic E-state index is 12.9. The SMILES string of the molecule is COc1c(Cl)cc(Cl)cc1NC(=O)c1sc2nc(-c3ccncc3)ccc2c1N. The van der Waals surface area contributed by atoms with Crippen LogP contribution < -0.4 is 15.8 Å². The summed E-state index contributed by atoms with van der Waals surface area (Å²) in [6.07, 6.45) is 3.40. The maximum atomic E-state index is 12.9. The molecule has 3 N–H and O–H groups in total. The molecule has 0 saturated heterocycles. The van der Waals surface area contributed by atoms with E-state index in [4.69, 9.17) is 33.7 Å². The lowest BCUT2D eigenvalue weighted by Gasteiger charge is -2.12. The number of anilines is 2. The molecule has 0 spiro atoms. The third-order valence-corrected chi connectivity index (χ3v) is 5.85. The van der Waals surface area contributed by atoms with Crippen molar-refractivity contribution >= 4 is 62.0 Å². The van der Waals surface area contributed by atoms with Gasteiger partial charge in [-0.1, -0.05) is 23.2 Å². The van der Waals surface area contributed by atoms with Crippen molar-refractivity contribution in [3.8, 4) is 17.0 Å². The number of hydrogen-bond acceptors (Lipinski definition) is 6. The number of rotatable bonds is 4. The number of aromatic nitrogens is 2. The minimum Gasteiger partial charge on any atom is -0.493 e. The van der Waals surface area contributed by atoms with E-state index in [1.165, 1.54) is 24.5 Å². The summed E-state index contributed by atoms with van der Waals surface area (Å²) < 4.78 is 5.27. The average molecular weight is 445 g/mol. The third-order valence-electron chi connectivity index (χ3n) is 4.24. The van der Waals surface area contributed by atoms with Gasteiger partial charge in [0.2, 0.25) is 0 Å². The number of hydrogen-bond donors (Lipinski definition) is 2. The van der Waals surface area contributed by atoms with Crippen molar-refractivity contribution in [3.05, 3.63) is 63.7 Å². The lowest BCUT2D eigenvalue weighted by atomic mass is 10.1. The molecule has 0 atom stereocenters. The summed E-state index contributed by atoms with van der Waals surface area (Å²) in [4.78, 5) is 22.6. The summed E-state index contributed by atoms with van der Waals surface area (Å²) in [5, 5.41) is 4.15. The molecule has 29 heavy (non-hydrogen) atoms. The van der Waals surface area contributed by atoms with Gasteiger partial charge in [0.05, 0.1) is 29.2 Å². The molecule has 4 rings (SSSR count). The van der Waals surface area contributed by atoms with Crippen LogP contribution in [0, 0.1) is 0 Å². The Labute approximate surface area is 180 Å². The Kier molecular flexibility index (Phi) is 5.27. The number of halogens is 2. The number of fused-ring (bicyclic) bond motifs is 1. The second-order valence-electron chi connectivity index (χ2n) is 6.05. The van der Waals surface area contributed by atoms with Crippen LogP contribution in [-0.2, 0) is 0 Å². The summed E-state index contributed by atoms with van der Waals surface area (Å²) in [7, 11) is 1.46. The molecule has 9 heteroatoms. The highest BCUT2D eigenvalue weighted by Crippen LogP contribution is 2.38. The van der Waals surface area contributed by atoms with Crippen LogP contribution in [-0.4, -0.2) is 23.0 Å². The Morgan fingerprint density at radius 3 is 2.66 bits per heavy atom. The van der Waals surface area contributed by atoms with Gasteiger partial charge in [-0.2, -0.15) is 0 Å². The Hall–Kier alpha value is -2.87. The zero-order chi connectivity index (χ0) is 20.5. The van der Waals surface area contributed by atoms with Gasteiger partial charge in [-0.05, 0) is 36.4 Å². The van der Waals surface area contributed by atoms with Crippen LogP contribution in [0.5, 0.6) is 5.75 Å². The normalized spacial score (nSPS) is 10.9. The van der Waals surface area contributed by atoms with Gasteiger partial charge in [-0.25, -0.2) is 4.98 Å². The van der Waals surface area contributed by atoms with Crippen molar-refractivity contribution in [2.24, 2.45) is 0 Å². The Balaban J connectivity index is 1.71. The summed E-state index contributed by atoms with van der Waals surface area (Å²) >= 11 is 13.4. The number of nitrogens with two attached hydrogens (primary N) is 1. The number of amides is 1. The van der Waals surface area contributed by atoms with E-state index in [9.17, 15) is 4.79 Å². The lowest BCUT2D eigenvalue weighted by Crippen LogP contribution is -2.13. The fraction of sp³-hybridized carbons (Fsp3) is 0.0500. The molecule has 0 aliphatic heterocycles. The van der Waals surface area contributed by atoms with Crippen molar-refractivity contribution in [1.82, 2.24) is 9.97 Å². The van der Waals surface area contributed by atoms with Crippen molar-refractivity contribution in [2.75, 3.05) is 18.2 Å². The minimum absolute atomic E-state index is 0.295. The highest BCUT2D eigenvalue weighted by molar-refractivity contribution is 7.21. The van der Waals surface area contributed by atoms with E-state index in [0.717, 1.165) is 11.3 Å². The molecule has 1 aromatic carbocycles. The lowest BCUT2D eigenvalue weighted by molar-refractivity contribution is 0.103. The molecule has 3 heterocycles. The second-order valence-corrected chi connectivity index (χ2v) is 7.90. The first-order valence-electron chi connectivity index (χ1n) is 8.41. The smallest absolute Gasteiger partial charge is 0.268 e. The van der Waals surface area contributed by atoms with E-state index in [-0.39, 0.29) is 0 Å². The van der Waals surface area contributed by atoms with Gasteiger partial charge in [0, 0.05) is 28.4 Å². The second kappa shape index (κ2) is 7.87. The van der Waals surface area contributed by atoms with E-state index in [2.05, 4.69) is 15.3 Å². The fourth-order valence-electron chi connectivity index (χ4n) is 2.89. The molecule has 146 valence electrons. The molecule has 0 radical (unpaired) electrons. The predicted molar refractivity (Wildman–Crippen MR) is 118 cm³/mol. The maximum Gasteiger partial charge on any atom is 0.268 e. The molecule has 0 aliphatic carbocycles. The van der Waals surface area contributed by atoms with Crippen molar-refractivity contribution in [3.63, 3.8) is 0 Å². The summed E-state index contributed by atoms with van der Waals surface area (Å²) in [6, 6.07) is 10.6. The zero-order valence-electron chi connectivity index (χ0n) is 15.1.